The summed E-state index contributed by atoms with van der Waals surface area (Å²) in [6, 6.07) is 4.24. The fraction of sp³-hybridized carbons (Fsp3) is 0.421. The number of halogens is 4. The van der Waals surface area contributed by atoms with E-state index in [1.54, 1.807) is 6.92 Å². The zero-order valence-corrected chi connectivity index (χ0v) is 15.5. The molecule has 1 atom stereocenters. The summed E-state index contributed by atoms with van der Waals surface area (Å²) in [5.41, 5.74) is 0.426. The van der Waals surface area contributed by atoms with Gasteiger partial charge in [-0.15, -0.1) is 0 Å². The van der Waals surface area contributed by atoms with Gasteiger partial charge in [0.15, 0.2) is 5.82 Å². The molecule has 2 amide bonds. The first-order valence-electron chi connectivity index (χ1n) is 9.23. The zero-order chi connectivity index (χ0) is 20.9. The molecule has 2 aromatic rings. The van der Waals surface area contributed by atoms with Crippen LogP contribution in [0.3, 0.4) is 0 Å². The average Bonchev–Trinajstić information content (AvgIpc) is 3.25. The van der Waals surface area contributed by atoms with E-state index in [0.717, 1.165) is 16.7 Å². The molecule has 10 heteroatoms. The normalized spacial score (nSPS) is 19.6. The number of amides is 2. The lowest BCUT2D eigenvalue weighted by Gasteiger charge is -2.36. The summed E-state index contributed by atoms with van der Waals surface area (Å²) in [4.78, 5) is 31.5. The minimum atomic E-state index is -4.68. The van der Waals surface area contributed by atoms with Crippen molar-refractivity contribution >= 4 is 17.6 Å². The molecule has 0 aliphatic carbocycles. The van der Waals surface area contributed by atoms with Gasteiger partial charge in [0.2, 0.25) is 11.7 Å². The van der Waals surface area contributed by atoms with Crippen molar-refractivity contribution in [2.75, 3.05) is 18.0 Å². The van der Waals surface area contributed by atoms with Crippen molar-refractivity contribution in [1.82, 2.24) is 14.5 Å². The Labute approximate surface area is 163 Å². The van der Waals surface area contributed by atoms with E-state index in [9.17, 15) is 27.2 Å². The highest BCUT2D eigenvalue weighted by Gasteiger charge is 2.44. The number of carbonyl (C=O) groups excluding carboxylic acids is 2. The Bertz CT molecular complexity index is 968. The van der Waals surface area contributed by atoms with E-state index in [1.165, 1.54) is 21.9 Å². The second-order valence-corrected chi connectivity index (χ2v) is 7.12. The number of fused-ring (bicyclic) bond motifs is 1. The van der Waals surface area contributed by atoms with Crippen molar-refractivity contribution in [2.45, 2.75) is 38.5 Å². The molecular formula is C19H18F4N4O2. The minimum absolute atomic E-state index is 0.0380. The first-order valence-corrected chi connectivity index (χ1v) is 9.23. The van der Waals surface area contributed by atoms with Crippen molar-refractivity contribution in [1.29, 1.82) is 0 Å². The fourth-order valence-electron chi connectivity index (χ4n) is 3.96. The number of aromatic nitrogens is 2. The number of benzene rings is 1. The van der Waals surface area contributed by atoms with E-state index in [0.29, 0.717) is 13.0 Å². The largest absolute Gasteiger partial charge is 0.449 e. The van der Waals surface area contributed by atoms with Gasteiger partial charge < -0.3 is 9.47 Å². The van der Waals surface area contributed by atoms with Crippen LogP contribution < -0.4 is 4.90 Å². The maximum Gasteiger partial charge on any atom is 0.449 e. The summed E-state index contributed by atoms with van der Waals surface area (Å²) < 4.78 is 54.9. The van der Waals surface area contributed by atoms with Crippen molar-refractivity contribution in [3.63, 3.8) is 0 Å². The highest BCUT2D eigenvalue weighted by Crippen LogP contribution is 2.40. The molecule has 154 valence electrons. The molecule has 2 aliphatic heterocycles. The van der Waals surface area contributed by atoms with Gasteiger partial charge in [0.05, 0.1) is 11.7 Å². The standard InChI is InChI=1S/C19H18F4N4O2/c1-11-15-16(26-8-2-3-14(26)28)24-18(19(21,22)23)27(15)10-9-25(11)17(29)12-4-6-13(20)7-5-12/h4-7,11H,2-3,8-10H2,1H3. The minimum Gasteiger partial charge on any atom is -0.328 e. The smallest absolute Gasteiger partial charge is 0.328 e. The van der Waals surface area contributed by atoms with Crippen LogP contribution in [0.5, 0.6) is 0 Å². The fourth-order valence-corrected chi connectivity index (χ4v) is 3.96. The zero-order valence-electron chi connectivity index (χ0n) is 15.5. The van der Waals surface area contributed by atoms with Crippen LogP contribution in [0, 0.1) is 5.82 Å². The summed E-state index contributed by atoms with van der Waals surface area (Å²) in [7, 11) is 0. The molecule has 0 spiro atoms. The van der Waals surface area contributed by atoms with Crippen molar-refractivity contribution in [2.24, 2.45) is 0 Å². The van der Waals surface area contributed by atoms with Crippen LogP contribution in [0.15, 0.2) is 24.3 Å². The van der Waals surface area contributed by atoms with Gasteiger partial charge in [-0.3, -0.25) is 14.5 Å². The molecule has 6 nitrogen and oxygen atoms in total. The van der Waals surface area contributed by atoms with Gasteiger partial charge in [0, 0.05) is 31.6 Å². The maximum atomic E-state index is 13.6. The number of nitrogens with zero attached hydrogens (tertiary/aromatic N) is 4. The number of hydrogen-bond acceptors (Lipinski definition) is 3. The second-order valence-electron chi connectivity index (χ2n) is 7.12. The number of imidazole rings is 1. The molecule has 0 radical (unpaired) electrons. The van der Waals surface area contributed by atoms with E-state index < -0.39 is 29.8 Å². The van der Waals surface area contributed by atoms with E-state index in [-0.39, 0.29) is 42.5 Å². The first kappa shape index (κ1) is 19.4. The van der Waals surface area contributed by atoms with Crippen LogP contribution in [0.25, 0.3) is 0 Å². The Morgan fingerprint density at radius 1 is 1.14 bits per heavy atom. The van der Waals surface area contributed by atoms with Gasteiger partial charge in [-0.2, -0.15) is 13.2 Å². The molecule has 1 unspecified atom stereocenters. The highest BCUT2D eigenvalue weighted by molar-refractivity contribution is 5.96. The molecule has 1 aromatic carbocycles. The molecule has 0 bridgehead atoms. The molecule has 0 N–H and O–H groups in total. The first-order chi connectivity index (χ1) is 13.7. The van der Waals surface area contributed by atoms with Gasteiger partial charge in [-0.05, 0) is 37.6 Å². The van der Waals surface area contributed by atoms with Crippen molar-refractivity contribution in [3.8, 4) is 0 Å². The Balaban J connectivity index is 1.76. The lowest BCUT2D eigenvalue weighted by atomic mass is 10.1. The number of rotatable bonds is 2. The van der Waals surface area contributed by atoms with Crippen LogP contribution in [0.4, 0.5) is 23.4 Å². The number of hydrogen-bond donors (Lipinski definition) is 0. The van der Waals surface area contributed by atoms with E-state index in [1.807, 2.05) is 0 Å². The third kappa shape index (κ3) is 3.26. The Morgan fingerprint density at radius 2 is 1.83 bits per heavy atom. The molecule has 4 rings (SSSR count). The molecule has 1 aromatic heterocycles. The monoisotopic (exact) mass is 410 g/mol. The summed E-state index contributed by atoms with van der Waals surface area (Å²) >= 11 is 0. The topological polar surface area (TPSA) is 58.4 Å². The summed E-state index contributed by atoms with van der Waals surface area (Å²) in [6.07, 6.45) is -3.89. The van der Waals surface area contributed by atoms with E-state index in [2.05, 4.69) is 4.98 Å². The Kier molecular flexibility index (Phi) is 4.59. The van der Waals surface area contributed by atoms with Crippen molar-refractivity contribution in [3.05, 3.63) is 47.2 Å². The molecule has 1 fully saturated rings. The molecule has 3 heterocycles. The SMILES string of the molecule is CC1c2c(N3CCCC3=O)nc(C(F)(F)F)n2CCN1C(=O)c1ccc(F)cc1. The Morgan fingerprint density at radius 3 is 2.41 bits per heavy atom. The van der Waals surface area contributed by atoms with Crippen LogP contribution in [-0.4, -0.2) is 39.4 Å². The lowest BCUT2D eigenvalue weighted by molar-refractivity contribution is -0.147. The molecule has 0 saturated carbocycles. The van der Waals surface area contributed by atoms with Gasteiger partial charge in [0.25, 0.3) is 5.91 Å². The molecule has 2 aliphatic rings. The van der Waals surface area contributed by atoms with Gasteiger partial charge >= 0.3 is 6.18 Å². The molecule has 1 saturated heterocycles. The molecular weight excluding hydrogens is 392 g/mol. The van der Waals surface area contributed by atoms with E-state index >= 15 is 0 Å². The van der Waals surface area contributed by atoms with Crippen molar-refractivity contribution < 1.29 is 27.2 Å². The van der Waals surface area contributed by atoms with Crippen LogP contribution >= 0.6 is 0 Å². The average molecular weight is 410 g/mol. The van der Waals surface area contributed by atoms with Gasteiger partial charge in [0.1, 0.15) is 5.82 Å². The van der Waals surface area contributed by atoms with E-state index in [4.69, 9.17) is 0 Å². The van der Waals surface area contributed by atoms with Gasteiger partial charge in [-0.25, -0.2) is 9.37 Å². The third-order valence-corrected chi connectivity index (χ3v) is 5.35. The predicted molar refractivity (Wildman–Crippen MR) is 94.7 cm³/mol. The summed E-state index contributed by atoms with van der Waals surface area (Å²) in [5.74, 6) is -2.30. The number of anilines is 1. The van der Waals surface area contributed by atoms with Crippen LogP contribution in [0.2, 0.25) is 0 Å². The van der Waals surface area contributed by atoms with Crippen LogP contribution in [0.1, 0.15) is 47.7 Å². The van der Waals surface area contributed by atoms with Gasteiger partial charge in [-0.1, -0.05) is 0 Å². The quantitative estimate of drug-likeness (QED) is 0.714. The molecule has 29 heavy (non-hydrogen) atoms. The Hall–Kier alpha value is -2.91. The number of carbonyl (C=O) groups is 2. The maximum absolute atomic E-state index is 13.6. The highest BCUT2D eigenvalue weighted by atomic mass is 19.4. The third-order valence-electron chi connectivity index (χ3n) is 5.35. The van der Waals surface area contributed by atoms with Crippen LogP contribution in [-0.2, 0) is 17.5 Å². The second kappa shape index (κ2) is 6.85. The summed E-state index contributed by atoms with van der Waals surface area (Å²) in [6.45, 7) is 1.84. The number of alkyl halides is 3. The summed E-state index contributed by atoms with van der Waals surface area (Å²) in [5, 5.41) is 0. The lowest BCUT2D eigenvalue weighted by Crippen LogP contribution is -2.42. The predicted octanol–water partition coefficient (Wildman–Crippen LogP) is 3.38.